The lowest BCUT2D eigenvalue weighted by Crippen LogP contribution is -2.03. The number of ether oxygens (including phenoxy) is 4. The highest BCUT2D eigenvalue weighted by Crippen LogP contribution is 2.34. The van der Waals surface area contributed by atoms with Gasteiger partial charge in [0.2, 0.25) is 0 Å². The van der Waals surface area contributed by atoms with Crippen LogP contribution >= 0.6 is 0 Å². The van der Waals surface area contributed by atoms with Crippen LogP contribution in [0.2, 0.25) is 0 Å². The monoisotopic (exact) mass is 367 g/mol. The highest BCUT2D eigenvalue weighted by atomic mass is 16.5. The summed E-state index contributed by atoms with van der Waals surface area (Å²) in [6.45, 7) is 0.512. The van der Waals surface area contributed by atoms with E-state index in [4.69, 9.17) is 24.2 Å². The third kappa shape index (κ3) is 3.47. The van der Waals surface area contributed by atoms with E-state index in [1.807, 2.05) is 35.0 Å². The molecule has 1 heterocycles. The molecule has 0 aliphatic rings. The molecule has 7 heteroatoms. The average Bonchev–Trinajstić information content (AvgIpc) is 3.03. The Morgan fingerprint density at radius 2 is 1.52 bits per heavy atom. The average molecular weight is 367 g/mol. The second-order valence-electron chi connectivity index (χ2n) is 5.85. The van der Waals surface area contributed by atoms with E-state index in [9.17, 15) is 0 Å². The molecule has 0 bridgehead atoms. The van der Waals surface area contributed by atoms with Gasteiger partial charge in [-0.1, -0.05) is 6.07 Å². The highest BCUT2D eigenvalue weighted by Gasteiger charge is 2.16. The van der Waals surface area contributed by atoms with Crippen molar-refractivity contribution < 1.29 is 18.9 Å². The van der Waals surface area contributed by atoms with Gasteiger partial charge in [-0.15, -0.1) is 0 Å². The Bertz CT molecular complexity index is 1000. The predicted molar refractivity (Wildman–Crippen MR) is 101 cm³/mol. The van der Waals surface area contributed by atoms with Crippen LogP contribution in [-0.2, 0) is 13.0 Å². The maximum absolute atomic E-state index is 9.15. The van der Waals surface area contributed by atoms with Crippen LogP contribution in [0.5, 0.6) is 23.0 Å². The van der Waals surface area contributed by atoms with Gasteiger partial charge in [-0.2, -0.15) is 10.4 Å². The molecule has 1 aromatic heterocycles. The number of methoxy groups -OCH3 is 4. The van der Waals surface area contributed by atoms with Crippen LogP contribution in [0.4, 0.5) is 0 Å². The van der Waals surface area contributed by atoms with E-state index in [1.165, 1.54) is 0 Å². The Hall–Kier alpha value is -3.40. The van der Waals surface area contributed by atoms with Crippen LogP contribution in [0.15, 0.2) is 30.3 Å². The van der Waals surface area contributed by atoms with Crippen LogP contribution in [0.3, 0.4) is 0 Å². The van der Waals surface area contributed by atoms with Gasteiger partial charge in [-0.25, -0.2) is 0 Å². The summed E-state index contributed by atoms with van der Waals surface area (Å²) in [5.74, 6) is 2.54. The fourth-order valence-corrected chi connectivity index (χ4v) is 3.04. The Morgan fingerprint density at radius 3 is 2.15 bits per heavy atom. The van der Waals surface area contributed by atoms with Gasteiger partial charge >= 0.3 is 0 Å². The third-order valence-corrected chi connectivity index (χ3v) is 4.36. The first kappa shape index (κ1) is 18.4. The van der Waals surface area contributed by atoms with Crippen molar-refractivity contribution in [2.75, 3.05) is 28.4 Å². The molecule has 3 rings (SSSR count). The van der Waals surface area contributed by atoms with Gasteiger partial charge < -0.3 is 18.9 Å². The molecular formula is C20H21N3O4. The summed E-state index contributed by atoms with van der Waals surface area (Å²) in [6.07, 6.45) is 0.213. The van der Waals surface area contributed by atoms with Gasteiger partial charge in [0.05, 0.1) is 58.7 Å². The fourth-order valence-electron chi connectivity index (χ4n) is 3.04. The van der Waals surface area contributed by atoms with Crippen molar-refractivity contribution >= 4 is 10.9 Å². The molecule has 0 N–H and O–H groups in total. The zero-order valence-electron chi connectivity index (χ0n) is 15.8. The zero-order valence-corrected chi connectivity index (χ0v) is 15.8. The van der Waals surface area contributed by atoms with Crippen molar-refractivity contribution in [1.82, 2.24) is 9.78 Å². The minimum absolute atomic E-state index is 0.213. The first-order valence-corrected chi connectivity index (χ1v) is 8.34. The maximum atomic E-state index is 9.15. The molecule has 0 saturated heterocycles. The van der Waals surface area contributed by atoms with Crippen molar-refractivity contribution in [2.45, 2.75) is 13.0 Å². The summed E-state index contributed by atoms with van der Waals surface area (Å²) < 4.78 is 23.3. The van der Waals surface area contributed by atoms with Gasteiger partial charge in [-0.3, -0.25) is 4.68 Å². The van der Waals surface area contributed by atoms with E-state index < -0.39 is 0 Å². The molecular weight excluding hydrogens is 346 g/mol. The van der Waals surface area contributed by atoms with Gasteiger partial charge in [0, 0.05) is 11.5 Å². The van der Waals surface area contributed by atoms with Gasteiger partial charge in [0.1, 0.15) is 0 Å². The minimum Gasteiger partial charge on any atom is -0.493 e. The Balaban J connectivity index is 2.10. The third-order valence-electron chi connectivity index (χ3n) is 4.36. The van der Waals surface area contributed by atoms with E-state index in [2.05, 4.69) is 11.2 Å². The molecule has 0 amide bonds. The smallest absolute Gasteiger partial charge is 0.162 e. The van der Waals surface area contributed by atoms with Gasteiger partial charge in [0.15, 0.2) is 23.0 Å². The number of rotatable bonds is 7. The van der Waals surface area contributed by atoms with Crippen LogP contribution in [0.25, 0.3) is 10.9 Å². The second-order valence-corrected chi connectivity index (χ2v) is 5.85. The molecule has 3 aromatic rings. The molecule has 140 valence electrons. The normalized spacial score (nSPS) is 10.5. The first-order chi connectivity index (χ1) is 13.1. The fraction of sp³-hybridized carbons (Fsp3) is 0.300. The van der Waals surface area contributed by atoms with Crippen LogP contribution < -0.4 is 18.9 Å². The molecule has 0 aliphatic carbocycles. The zero-order chi connectivity index (χ0) is 19.4. The Labute approximate surface area is 157 Å². The molecule has 0 spiro atoms. The number of aromatic nitrogens is 2. The number of nitrogens with zero attached hydrogens (tertiary/aromatic N) is 3. The molecule has 0 atom stereocenters. The Kier molecular flexibility index (Phi) is 5.36. The minimum atomic E-state index is 0.213. The number of fused-ring (bicyclic) bond motifs is 1. The number of hydrogen-bond donors (Lipinski definition) is 0. The van der Waals surface area contributed by atoms with E-state index in [1.54, 1.807) is 28.4 Å². The summed E-state index contributed by atoms with van der Waals surface area (Å²) in [5.41, 5.74) is 2.57. The SMILES string of the molecule is COc1ccc(Cn2nc(CC#N)c3cc(OC)c(OC)cc32)cc1OC. The van der Waals surface area contributed by atoms with E-state index in [0.717, 1.165) is 16.5 Å². The standard InChI is InChI=1S/C20H21N3O4/c1-24-17-6-5-13(9-18(17)25-2)12-23-16-11-20(27-4)19(26-3)10-14(16)15(22-23)7-8-21/h5-6,9-11H,7,12H2,1-4H3. The summed E-state index contributed by atoms with van der Waals surface area (Å²) in [5, 5.41) is 14.7. The van der Waals surface area contributed by atoms with Crippen molar-refractivity contribution in [3.63, 3.8) is 0 Å². The maximum Gasteiger partial charge on any atom is 0.162 e. The lowest BCUT2D eigenvalue weighted by atomic mass is 10.1. The van der Waals surface area contributed by atoms with Crippen LogP contribution in [-0.4, -0.2) is 38.2 Å². The van der Waals surface area contributed by atoms with Crippen LogP contribution in [0.1, 0.15) is 11.3 Å². The molecule has 0 unspecified atom stereocenters. The van der Waals surface area contributed by atoms with Gasteiger partial charge in [0.25, 0.3) is 0 Å². The first-order valence-electron chi connectivity index (χ1n) is 8.34. The molecule has 0 fully saturated rings. The second kappa shape index (κ2) is 7.87. The van der Waals surface area contributed by atoms with Crippen molar-refractivity contribution in [2.24, 2.45) is 0 Å². The summed E-state index contributed by atoms with van der Waals surface area (Å²) in [7, 11) is 6.39. The molecule has 0 aliphatic heterocycles. The number of hydrogen-bond acceptors (Lipinski definition) is 6. The van der Waals surface area contributed by atoms with Crippen molar-refractivity contribution in [3.8, 4) is 29.1 Å². The van der Waals surface area contributed by atoms with Crippen LogP contribution in [0, 0.1) is 11.3 Å². The highest BCUT2D eigenvalue weighted by molar-refractivity contribution is 5.86. The molecule has 27 heavy (non-hydrogen) atoms. The number of benzene rings is 2. The summed E-state index contributed by atoms with van der Waals surface area (Å²) in [6, 6.07) is 11.6. The van der Waals surface area contributed by atoms with Crippen molar-refractivity contribution in [1.29, 1.82) is 5.26 Å². The topological polar surface area (TPSA) is 78.5 Å². The van der Waals surface area contributed by atoms with E-state index in [0.29, 0.717) is 35.2 Å². The van der Waals surface area contributed by atoms with E-state index in [-0.39, 0.29) is 6.42 Å². The lowest BCUT2D eigenvalue weighted by Gasteiger charge is -2.11. The largest absolute Gasteiger partial charge is 0.493 e. The molecule has 0 radical (unpaired) electrons. The lowest BCUT2D eigenvalue weighted by molar-refractivity contribution is 0.354. The van der Waals surface area contributed by atoms with Gasteiger partial charge in [-0.05, 0) is 23.8 Å². The summed E-state index contributed by atoms with van der Waals surface area (Å²) in [4.78, 5) is 0. The Morgan fingerprint density at radius 1 is 0.889 bits per heavy atom. The molecule has 2 aromatic carbocycles. The number of nitriles is 1. The predicted octanol–water partition coefficient (Wildman–Crippen LogP) is 3.19. The van der Waals surface area contributed by atoms with Crippen molar-refractivity contribution in [3.05, 3.63) is 41.6 Å². The molecule has 7 nitrogen and oxygen atoms in total. The quantitative estimate of drug-likeness (QED) is 0.638. The summed E-state index contributed by atoms with van der Waals surface area (Å²) >= 11 is 0. The van der Waals surface area contributed by atoms with E-state index >= 15 is 0 Å². The molecule has 0 saturated carbocycles.